The Labute approximate surface area is 118 Å². The molecule has 3 heteroatoms. The number of thiophene rings is 1. The Balaban J connectivity index is 2.21. The molecule has 1 aromatic heterocycles. The second-order valence-corrected chi connectivity index (χ2v) is 5.40. The van der Waals surface area contributed by atoms with Crippen LogP contribution in [0.15, 0.2) is 54.4 Å². The number of amides is 1. The molecule has 0 aliphatic rings. The van der Waals surface area contributed by atoms with Gasteiger partial charge in [-0.15, -0.1) is 17.9 Å². The van der Waals surface area contributed by atoms with Gasteiger partial charge in [-0.25, -0.2) is 0 Å². The minimum Gasteiger partial charge on any atom is -0.330 e. The Morgan fingerprint density at radius 1 is 1.32 bits per heavy atom. The zero-order chi connectivity index (χ0) is 13.7. The van der Waals surface area contributed by atoms with Crippen LogP contribution in [0.25, 0.3) is 0 Å². The smallest absolute Gasteiger partial charge is 0.254 e. The van der Waals surface area contributed by atoms with Gasteiger partial charge in [0.15, 0.2) is 0 Å². The molecule has 0 bridgehead atoms. The third-order valence-electron chi connectivity index (χ3n) is 2.94. The summed E-state index contributed by atoms with van der Waals surface area (Å²) in [6, 6.07) is 11.7. The molecule has 0 unspecified atom stereocenters. The van der Waals surface area contributed by atoms with Crippen molar-refractivity contribution >= 4 is 17.2 Å². The van der Waals surface area contributed by atoms with Gasteiger partial charge < -0.3 is 4.90 Å². The van der Waals surface area contributed by atoms with E-state index >= 15 is 0 Å². The third kappa shape index (κ3) is 3.32. The zero-order valence-electron chi connectivity index (χ0n) is 11.0. The molecule has 0 atom stereocenters. The van der Waals surface area contributed by atoms with Crippen molar-refractivity contribution in [1.82, 2.24) is 4.90 Å². The normalized spacial score (nSPS) is 10.2. The van der Waals surface area contributed by atoms with Gasteiger partial charge >= 0.3 is 0 Å². The fraction of sp³-hybridized carbons (Fsp3) is 0.188. The Bertz CT molecular complexity index is 560. The first kappa shape index (κ1) is 13.6. The number of hydrogen-bond acceptors (Lipinski definition) is 2. The average molecular weight is 271 g/mol. The van der Waals surface area contributed by atoms with E-state index in [2.05, 4.69) is 6.58 Å². The molecule has 0 saturated carbocycles. The van der Waals surface area contributed by atoms with Crippen molar-refractivity contribution in [2.24, 2.45) is 0 Å². The van der Waals surface area contributed by atoms with E-state index in [9.17, 15) is 4.79 Å². The third-order valence-corrected chi connectivity index (χ3v) is 3.80. The number of carbonyl (C=O) groups excluding carboxylic acids is 1. The van der Waals surface area contributed by atoms with E-state index < -0.39 is 0 Å². The number of rotatable bonds is 5. The number of hydrogen-bond donors (Lipinski definition) is 0. The predicted octanol–water partition coefficient (Wildman–Crippen LogP) is 3.88. The van der Waals surface area contributed by atoms with Crippen LogP contribution in [-0.2, 0) is 6.54 Å². The van der Waals surface area contributed by atoms with Crippen LogP contribution in [0.2, 0.25) is 0 Å². The van der Waals surface area contributed by atoms with E-state index in [1.54, 1.807) is 17.4 Å². The highest BCUT2D eigenvalue weighted by atomic mass is 32.1. The summed E-state index contributed by atoms with van der Waals surface area (Å²) in [4.78, 5) is 15.6. The molecule has 0 saturated heterocycles. The topological polar surface area (TPSA) is 20.3 Å². The molecule has 0 N–H and O–H groups in total. The molecule has 1 amide bonds. The fourth-order valence-electron chi connectivity index (χ4n) is 1.95. The summed E-state index contributed by atoms with van der Waals surface area (Å²) < 4.78 is 0. The van der Waals surface area contributed by atoms with Crippen LogP contribution in [-0.4, -0.2) is 17.4 Å². The van der Waals surface area contributed by atoms with E-state index in [0.29, 0.717) is 13.1 Å². The van der Waals surface area contributed by atoms with E-state index in [0.717, 1.165) is 11.1 Å². The maximum atomic E-state index is 12.6. The summed E-state index contributed by atoms with van der Waals surface area (Å²) in [5.74, 6) is 0.0615. The SMILES string of the molecule is C=CCN(Cc1cccs1)C(=O)c1ccccc1C. The van der Waals surface area contributed by atoms with Crippen molar-refractivity contribution in [1.29, 1.82) is 0 Å². The summed E-state index contributed by atoms with van der Waals surface area (Å²) in [6.45, 7) is 6.90. The Hall–Kier alpha value is -1.87. The molecular weight excluding hydrogens is 254 g/mol. The molecule has 98 valence electrons. The molecule has 0 spiro atoms. The summed E-state index contributed by atoms with van der Waals surface area (Å²) in [7, 11) is 0. The van der Waals surface area contributed by atoms with Gasteiger partial charge in [0.25, 0.3) is 5.91 Å². The van der Waals surface area contributed by atoms with Gasteiger partial charge in [0.05, 0.1) is 6.54 Å². The summed E-state index contributed by atoms with van der Waals surface area (Å²) in [6.07, 6.45) is 1.77. The fourth-order valence-corrected chi connectivity index (χ4v) is 2.67. The molecule has 0 aliphatic carbocycles. The van der Waals surface area contributed by atoms with Gasteiger partial charge in [0.2, 0.25) is 0 Å². The molecule has 1 heterocycles. The van der Waals surface area contributed by atoms with Crippen LogP contribution in [0.1, 0.15) is 20.8 Å². The minimum absolute atomic E-state index is 0.0615. The lowest BCUT2D eigenvalue weighted by Gasteiger charge is -2.21. The molecule has 2 rings (SSSR count). The minimum atomic E-state index is 0.0615. The molecule has 2 aromatic rings. The first-order chi connectivity index (χ1) is 9.22. The van der Waals surface area contributed by atoms with Crippen LogP contribution in [0, 0.1) is 6.92 Å². The summed E-state index contributed by atoms with van der Waals surface area (Å²) in [5.41, 5.74) is 1.77. The Morgan fingerprint density at radius 3 is 2.74 bits per heavy atom. The van der Waals surface area contributed by atoms with Crippen LogP contribution in [0.4, 0.5) is 0 Å². The molecular formula is C16H17NOS. The molecule has 0 fully saturated rings. The molecule has 19 heavy (non-hydrogen) atoms. The van der Waals surface area contributed by atoms with Gasteiger partial charge in [-0.2, -0.15) is 0 Å². The number of carbonyl (C=O) groups is 1. The van der Waals surface area contributed by atoms with Crippen LogP contribution in [0.5, 0.6) is 0 Å². The van der Waals surface area contributed by atoms with E-state index in [4.69, 9.17) is 0 Å². The number of aryl methyl sites for hydroxylation is 1. The molecule has 0 radical (unpaired) electrons. The maximum Gasteiger partial charge on any atom is 0.254 e. The lowest BCUT2D eigenvalue weighted by Crippen LogP contribution is -2.30. The Morgan fingerprint density at radius 2 is 2.11 bits per heavy atom. The Kier molecular flexibility index (Phi) is 4.53. The highest BCUT2D eigenvalue weighted by Crippen LogP contribution is 2.16. The van der Waals surface area contributed by atoms with E-state index in [1.165, 1.54) is 4.88 Å². The van der Waals surface area contributed by atoms with Crippen molar-refractivity contribution in [2.45, 2.75) is 13.5 Å². The monoisotopic (exact) mass is 271 g/mol. The largest absolute Gasteiger partial charge is 0.330 e. The van der Waals surface area contributed by atoms with Crippen molar-refractivity contribution in [3.8, 4) is 0 Å². The summed E-state index contributed by atoms with van der Waals surface area (Å²) >= 11 is 1.67. The van der Waals surface area contributed by atoms with Crippen LogP contribution in [0.3, 0.4) is 0 Å². The van der Waals surface area contributed by atoms with Crippen molar-refractivity contribution < 1.29 is 4.79 Å². The van der Waals surface area contributed by atoms with Crippen molar-refractivity contribution in [2.75, 3.05) is 6.54 Å². The van der Waals surface area contributed by atoms with Gasteiger partial charge in [0, 0.05) is 17.0 Å². The van der Waals surface area contributed by atoms with Gasteiger partial charge in [-0.05, 0) is 30.0 Å². The first-order valence-electron chi connectivity index (χ1n) is 6.20. The highest BCUT2D eigenvalue weighted by Gasteiger charge is 2.16. The molecule has 1 aromatic carbocycles. The number of benzene rings is 1. The maximum absolute atomic E-state index is 12.6. The predicted molar refractivity (Wildman–Crippen MR) is 80.4 cm³/mol. The van der Waals surface area contributed by atoms with Gasteiger partial charge in [-0.3, -0.25) is 4.79 Å². The van der Waals surface area contributed by atoms with Crippen molar-refractivity contribution in [3.05, 3.63) is 70.4 Å². The number of nitrogens with zero attached hydrogens (tertiary/aromatic N) is 1. The average Bonchev–Trinajstić information content (AvgIpc) is 2.91. The van der Waals surface area contributed by atoms with Gasteiger partial charge in [-0.1, -0.05) is 30.3 Å². The standard InChI is InChI=1S/C16H17NOS/c1-3-10-17(12-14-8-6-11-19-14)16(18)15-9-5-4-7-13(15)2/h3-9,11H,1,10,12H2,2H3. The quantitative estimate of drug-likeness (QED) is 0.756. The van der Waals surface area contributed by atoms with E-state index in [-0.39, 0.29) is 5.91 Å². The first-order valence-corrected chi connectivity index (χ1v) is 7.08. The zero-order valence-corrected chi connectivity index (χ0v) is 11.8. The van der Waals surface area contributed by atoms with Gasteiger partial charge in [0.1, 0.15) is 0 Å². The van der Waals surface area contributed by atoms with Crippen LogP contribution >= 0.6 is 11.3 Å². The lowest BCUT2D eigenvalue weighted by atomic mass is 10.1. The second kappa shape index (κ2) is 6.34. The second-order valence-electron chi connectivity index (χ2n) is 4.37. The lowest BCUT2D eigenvalue weighted by molar-refractivity contribution is 0.0763. The molecule has 2 nitrogen and oxygen atoms in total. The summed E-state index contributed by atoms with van der Waals surface area (Å²) in [5, 5.41) is 2.03. The van der Waals surface area contributed by atoms with Crippen molar-refractivity contribution in [3.63, 3.8) is 0 Å². The van der Waals surface area contributed by atoms with E-state index in [1.807, 2.05) is 53.6 Å². The highest BCUT2D eigenvalue weighted by molar-refractivity contribution is 7.09. The molecule has 0 aliphatic heterocycles. The van der Waals surface area contributed by atoms with Crippen LogP contribution < -0.4 is 0 Å².